The SMILES string of the molecule is Cc1ccc(CCCc2ccc(Nc3ccccc3C(=O)O)cc2)cc1. The van der Waals surface area contributed by atoms with Gasteiger partial charge in [-0.2, -0.15) is 0 Å². The van der Waals surface area contributed by atoms with Crippen LogP contribution in [0.4, 0.5) is 11.4 Å². The second-order valence-corrected chi connectivity index (χ2v) is 6.51. The zero-order valence-corrected chi connectivity index (χ0v) is 14.9. The first-order chi connectivity index (χ1) is 12.6. The van der Waals surface area contributed by atoms with E-state index in [1.54, 1.807) is 18.2 Å². The van der Waals surface area contributed by atoms with Gasteiger partial charge in [0.25, 0.3) is 0 Å². The molecule has 0 unspecified atom stereocenters. The lowest BCUT2D eigenvalue weighted by atomic mass is 10.0. The summed E-state index contributed by atoms with van der Waals surface area (Å²) in [5.74, 6) is -0.930. The highest BCUT2D eigenvalue weighted by atomic mass is 16.4. The Morgan fingerprint density at radius 3 is 2.04 bits per heavy atom. The zero-order chi connectivity index (χ0) is 18.4. The van der Waals surface area contributed by atoms with Crippen molar-refractivity contribution in [2.45, 2.75) is 26.2 Å². The Morgan fingerprint density at radius 1 is 0.846 bits per heavy atom. The number of aryl methyl sites for hydroxylation is 3. The van der Waals surface area contributed by atoms with Gasteiger partial charge >= 0.3 is 5.97 Å². The third-order valence-corrected chi connectivity index (χ3v) is 4.44. The van der Waals surface area contributed by atoms with Crippen LogP contribution in [0.5, 0.6) is 0 Å². The number of para-hydroxylation sites is 1. The molecule has 26 heavy (non-hydrogen) atoms. The standard InChI is InChI=1S/C23H23NO2/c1-17-9-11-18(12-10-17)5-4-6-19-13-15-20(16-14-19)24-22-8-3-2-7-21(22)23(25)26/h2-3,7-16,24H,4-6H2,1H3,(H,25,26). The van der Waals surface area contributed by atoms with Crippen LogP contribution < -0.4 is 5.32 Å². The highest BCUT2D eigenvalue weighted by molar-refractivity contribution is 5.95. The Balaban J connectivity index is 1.57. The van der Waals surface area contributed by atoms with E-state index >= 15 is 0 Å². The van der Waals surface area contributed by atoms with Gasteiger partial charge < -0.3 is 10.4 Å². The van der Waals surface area contributed by atoms with Crippen molar-refractivity contribution in [1.82, 2.24) is 0 Å². The van der Waals surface area contributed by atoms with Crippen LogP contribution in [0.3, 0.4) is 0 Å². The molecule has 0 radical (unpaired) electrons. The normalized spacial score (nSPS) is 10.5. The molecule has 3 heteroatoms. The molecule has 0 spiro atoms. The molecule has 0 bridgehead atoms. The second-order valence-electron chi connectivity index (χ2n) is 6.51. The largest absolute Gasteiger partial charge is 0.478 e. The minimum absolute atomic E-state index is 0.273. The Labute approximate surface area is 154 Å². The molecular weight excluding hydrogens is 322 g/mol. The van der Waals surface area contributed by atoms with Gasteiger partial charge in [0.05, 0.1) is 11.3 Å². The third kappa shape index (κ3) is 4.73. The van der Waals surface area contributed by atoms with Crippen molar-refractivity contribution in [2.24, 2.45) is 0 Å². The minimum atomic E-state index is -0.930. The third-order valence-electron chi connectivity index (χ3n) is 4.44. The number of anilines is 2. The first kappa shape index (κ1) is 17.7. The van der Waals surface area contributed by atoms with Gasteiger partial charge in [-0.05, 0) is 61.6 Å². The summed E-state index contributed by atoms with van der Waals surface area (Å²) in [6, 6.07) is 23.8. The topological polar surface area (TPSA) is 49.3 Å². The maximum atomic E-state index is 11.3. The van der Waals surface area contributed by atoms with Crippen molar-refractivity contribution < 1.29 is 9.90 Å². The van der Waals surface area contributed by atoms with Crippen LogP contribution >= 0.6 is 0 Å². The van der Waals surface area contributed by atoms with Crippen molar-refractivity contribution in [3.63, 3.8) is 0 Å². The van der Waals surface area contributed by atoms with E-state index in [2.05, 4.69) is 48.6 Å². The molecule has 3 aromatic rings. The van der Waals surface area contributed by atoms with E-state index in [0.29, 0.717) is 5.69 Å². The van der Waals surface area contributed by atoms with Crippen LogP contribution in [0.2, 0.25) is 0 Å². The van der Waals surface area contributed by atoms with Crippen LogP contribution in [0.25, 0.3) is 0 Å². The predicted octanol–water partition coefficient (Wildman–Crippen LogP) is 5.61. The average molecular weight is 345 g/mol. The quantitative estimate of drug-likeness (QED) is 0.585. The second kappa shape index (κ2) is 8.34. The van der Waals surface area contributed by atoms with Crippen molar-refractivity contribution in [2.75, 3.05) is 5.32 Å². The van der Waals surface area contributed by atoms with Crippen molar-refractivity contribution >= 4 is 17.3 Å². The van der Waals surface area contributed by atoms with E-state index < -0.39 is 5.97 Å². The van der Waals surface area contributed by atoms with Crippen LogP contribution in [0.1, 0.15) is 33.5 Å². The summed E-state index contributed by atoms with van der Waals surface area (Å²) in [6.45, 7) is 2.11. The highest BCUT2D eigenvalue weighted by Gasteiger charge is 2.08. The monoisotopic (exact) mass is 345 g/mol. The number of carbonyl (C=O) groups is 1. The number of aromatic carboxylic acids is 1. The molecule has 3 nitrogen and oxygen atoms in total. The van der Waals surface area contributed by atoms with Gasteiger partial charge in [-0.3, -0.25) is 0 Å². The van der Waals surface area contributed by atoms with Gasteiger partial charge in [-0.15, -0.1) is 0 Å². The van der Waals surface area contributed by atoms with Gasteiger partial charge in [0, 0.05) is 5.69 Å². The van der Waals surface area contributed by atoms with E-state index in [1.807, 2.05) is 18.2 Å². The lowest BCUT2D eigenvalue weighted by Crippen LogP contribution is -2.02. The molecule has 0 aliphatic rings. The summed E-state index contributed by atoms with van der Waals surface area (Å²) in [6.07, 6.45) is 3.21. The van der Waals surface area contributed by atoms with Crippen molar-refractivity contribution in [1.29, 1.82) is 0 Å². The number of hydrogen-bond donors (Lipinski definition) is 2. The number of hydrogen-bond acceptors (Lipinski definition) is 2. The number of nitrogens with one attached hydrogen (secondary N) is 1. The molecule has 132 valence electrons. The molecule has 0 saturated heterocycles. The van der Waals surface area contributed by atoms with Crippen LogP contribution in [-0.4, -0.2) is 11.1 Å². The smallest absolute Gasteiger partial charge is 0.337 e. The fraction of sp³-hybridized carbons (Fsp3) is 0.174. The summed E-state index contributed by atoms with van der Waals surface area (Å²) >= 11 is 0. The van der Waals surface area contributed by atoms with Crippen molar-refractivity contribution in [3.8, 4) is 0 Å². The minimum Gasteiger partial charge on any atom is -0.478 e. The maximum absolute atomic E-state index is 11.3. The van der Waals surface area contributed by atoms with Gasteiger partial charge in [-0.1, -0.05) is 54.1 Å². The Hall–Kier alpha value is -3.07. The lowest BCUT2D eigenvalue weighted by Gasteiger charge is -2.10. The first-order valence-electron chi connectivity index (χ1n) is 8.85. The van der Waals surface area contributed by atoms with Crippen LogP contribution in [-0.2, 0) is 12.8 Å². The molecule has 0 aliphatic heterocycles. The summed E-state index contributed by atoms with van der Waals surface area (Å²) in [5, 5.41) is 12.4. The number of rotatable bonds is 7. The number of benzene rings is 3. The average Bonchev–Trinajstić information content (AvgIpc) is 2.65. The van der Waals surface area contributed by atoms with Gasteiger partial charge in [0.15, 0.2) is 0 Å². The molecule has 0 heterocycles. The summed E-state index contributed by atoms with van der Waals surface area (Å²) in [4.78, 5) is 11.3. The van der Waals surface area contributed by atoms with E-state index in [-0.39, 0.29) is 5.56 Å². The Kier molecular flexibility index (Phi) is 5.69. The maximum Gasteiger partial charge on any atom is 0.337 e. The molecule has 2 N–H and O–H groups in total. The fourth-order valence-electron chi connectivity index (χ4n) is 2.94. The Morgan fingerprint density at radius 2 is 1.42 bits per heavy atom. The van der Waals surface area contributed by atoms with E-state index in [1.165, 1.54) is 16.7 Å². The van der Waals surface area contributed by atoms with Gasteiger partial charge in [0.1, 0.15) is 0 Å². The number of carboxylic acid groups (broad SMARTS) is 1. The summed E-state index contributed by atoms with van der Waals surface area (Å²) in [7, 11) is 0. The van der Waals surface area contributed by atoms with Gasteiger partial charge in [0.2, 0.25) is 0 Å². The number of carboxylic acids is 1. The molecule has 0 fully saturated rings. The Bertz CT molecular complexity index is 867. The molecule has 0 aliphatic carbocycles. The highest BCUT2D eigenvalue weighted by Crippen LogP contribution is 2.21. The molecule has 0 saturated carbocycles. The van der Waals surface area contributed by atoms with Gasteiger partial charge in [-0.25, -0.2) is 4.79 Å². The first-order valence-corrected chi connectivity index (χ1v) is 8.85. The molecule has 3 aromatic carbocycles. The van der Waals surface area contributed by atoms with Crippen LogP contribution in [0, 0.1) is 6.92 Å². The fourth-order valence-corrected chi connectivity index (χ4v) is 2.94. The molecule has 0 aromatic heterocycles. The lowest BCUT2D eigenvalue weighted by molar-refractivity contribution is 0.0698. The predicted molar refractivity (Wildman–Crippen MR) is 106 cm³/mol. The molecule has 0 amide bonds. The van der Waals surface area contributed by atoms with Crippen molar-refractivity contribution in [3.05, 3.63) is 95.1 Å². The molecule has 0 atom stereocenters. The van der Waals surface area contributed by atoms with E-state index in [4.69, 9.17) is 0 Å². The van der Waals surface area contributed by atoms with E-state index in [9.17, 15) is 9.90 Å². The van der Waals surface area contributed by atoms with E-state index in [0.717, 1.165) is 24.9 Å². The van der Waals surface area contributed by atoms with Crippen LogP contribution in [0.15, 0.2) is 72.8 Å². The molecular formula is C23H23NO2. The molecule has 3 rings (SSSR count). The summed E-state index contributed by atoms with van der Waals surface area (Å²) < 4.78 is 0. The zero-order valence-electron chi connectivity index (χ0n) is 14.9. The summed E-state index contributed by atoms with van der Waals surface area (Å²) in [5.41, 5.74) is 5.72.